The van der Waals surface area contributed by atoms with E-state index in [9.17, 15) is 5.11 Å². The van der Waals surface area contributed by atoms with Crippen molar-refractivity contribution in [2.75, 3.05) is 13.7 Å². The molecule has 0 aromatic heterocycles. The fourth-order valence-electron chi connectivity index (χ4n) is 3.90. The third kappa shape index (κ3) is 4.17. The zero-order valence-electron chi connectivity index (χ0n) is 15.4. The molecule has 0 saturated carbocycles. The number of methoxy groups -OCH3 is 1. The summed E-state index contributed by atoms with van der Waals surface area (Å²) >= 11 is 0. The monoisotopic (exact) mass is 316 g/mol. The van der Waals surface area contributed by atoms with Crippen LogP contribution in [0.1, 0.15) is 64.0 Å². The van der Waals surface area contributed by atoms with E-state index in [1.165, 1.54) is 23.1 Å². The van der Waals surface area contributed by atoms with E-state index in [1.54, 1.807) is 7.11 Å². The number of aryl methyl sites for hydroxylation is 1. The Balaban J connectivity index is 2.15. The predicted octanol–water partition coefficient (Wildman–Crippen LogP) is 5.11. The fourth-order valence-corrected chi connectivity index (χ4v) is 3.90. The van der Waals surface area contributed by atoms with Gasteiger partial charge in [-0.3, -0.25) is 0 Å². The number of rotatable bonds is 6. The molecule has 1 aliphatic rings. The normalized spacial score (nSPS) is 20.5. The first-order valence-corrected chi connectivity index (χ1v) is 8.85. The van der Waals surface area contributed by atoms with Crippen LogP contribution in [-0.4, -0.2) is 18.8 Å². The van der Waals surface area contributed by atoms with Crippen LogP contribution < -0.4 is 4.74 Å². The maximum atomic E-state index is 9.69. The summed E-state index contributed by atoms with van der Waals surface area (Å²) in [6.45, 7) is 9.30. The third-order valence-corrected chi connectivity index (χ3v) is 5.41. The highest BCUT2D eigenvalue weighted by molar-refractivity contribution is 5.39. The van der Waals surface area contributed by atoms with Crippen molar-refractivity contribution in [1.82, 2.24) is 0 Å². The topological polar surface area (TPSA) is 29.5 Å². The molecule has 0 amide bonds. The molecule has 2 heteroatoms. The summed E-state index contributed by atoms with van der Waals surface area (Å²) in [5.41, 5.74) is 4.16. The van der Waals surface area contributed by atoms with Crippen LogP contribution in [-0.2, 0) is 6.42 Å². The zero-order chi connectivity index (χ0) is 17.0. The van der Waals surface area contributed by atoms with Crippen LogP contribution in [0.2, 0.25) is 0 Å². The summed E-state index contributed by atoms with van der Waals surface area (Å²) in [5.74, 6) is 1.92. The van der Waals surface area contributed by atoms with Crippen LogP contribution in [0.4, 0.5) is 0 Å². The molecule has 2 rings (SSSR count). The molecule has 0 radical (unpaired) electrons. The van der Waals surface area contributed by atoms with Crippen molar-refractivity contribution < 1.29 is 9.84 Å². The van der Waals surface area contributed by atoms with Gasteiger partial charge in [-0.1, -0.05) is 45.9 Å². The molecule has 1 N–H and O–H groups in total. The molecule has 0 saturated heterocycles. The number of aliphatic hydroxyl groups excluding tert-OH is 1. The van der Waals surface area contributed by atoms with E-state index in [0.29, 0.717) is 11.8 Å². The first-order valence-electron chi connectivity index (χ1n) is 8.85. The number of aliphatic hydroxyl groups is 1. The highest BCUT2D eigenvalue weighted by Gasteiger charge is 2.33. The summed E-state index contributed by atoms with van der Waals surface area (Å²) in [6.07, 6.45) is 6.71. The molecule has 0 bridgehead atoms. The average Bonchev–Trinajstić information content (AvgIpc) is 2.52. The smallest absolute Gasteiger partial charge is 0.122 e. The van der Waals surface area contributed by atoms with Crippen LogP contribution >= 0.6 is 0 Å². The second kappa shape index (κ2) is 7.53. The average molecular weight is 316 g/mol. The van der Waals surface area contributed by atoms with Crippen molar-refractivity contribution in [3.05, 3.63) is 41.0 Å². The van der Waals surface area contributed by atoms with Gasteiger partial charge in [-0.05, 0) is 65.7 Å². The van der Waals surface area contributed by atoms with Crippen LogP contribution in [0.5, 0.6) is 5.75 Å². The van der Waals surface area contributed by atoms with Gasteiger partial charge in [0.25, 0.3) is 0 Å². The lowest BCUT2D eigenvalue weighted by atomic mass is 9.66. The summed E-state index contributed by atoms with van der Waals surface area (Å²) < 4.78 is 5.48. The van der Waals surface area contributed by atoms with E-state index < -0.39 is 0 Å². The van der Waals surface area contributed by atoms with Gasteiger partial charge in [-0.2, -0.15) is 0 Å². The third-order valence-electron chi connectivity index (χ3n) is 5.41. The van der Waals surface area contributed by atoms with E-state index in [1.807, 2.05) is 0 Å². The van der Waals surface area contributed by atoms with Crippen molar-refractivity contribution in [3.63, 3.8) is 0 Å². The van der Waals surface area contributed by atoms with Crippen LogP contribution in [0.3, 0.4) is 0 Å². The number of ether oxygens (including phenoxy) is 1. The van der Waals surface area contributed by atoms with E-state index in [2.05, 4.69) is 52.0 Å². The predicted molar refractivity (Wildman–Crippen MR) is 97.1 cm³/mol. The molecule has 0 fully saturated rings. The molecule has 1 aromatic rings. The van der Waals surface area contributed by atoms with Gasteiger partial charge < -0.3 is 9.84 Å². The van der Waals surface area contributed by atoms with Gasteiger partial charge in [0.15, 0.2) is 0 Å². The standard InChI is InChI=1S/C21H32O2/c1-15(2)18-13-16(9-11-20(18)23-5)8-10-19-17(14-22)7-6-12-21(19,3)4/h7,9,11,13,15,19,22H,6,8,10,12,14H2,1-5H3. The van der Waals surface area contributed by atoms with Gasteiger partial charge in [0.2, 0.25) is 0 Å². The number of hydrogen-bond donors (Lipinski definition) is 1. The molecule has 1 aliphatic carbocycles. The summed E-state index contributed by atoms with van der Waals surface area (Å²) in [7, 11) is 1.74. The highest BCUT2D eigenvalue weighted by atomic mass is 16.5. The molecule has 1 atom stereocenters. The highest BCUT2D eigenvalue weighted by Crippen LogP contribution is 2.43. The second-order valence-electron chi connectivity index (χ2n) is 7.79. The van der Waals surface area contributed by atoms with E-state index >= 15 is 0 Å². The van der Waals surface area contributed by atoms with Crippen molar-refractivity contribution in [3.8, 4) is 5.75 Å². The minimum atomic E-state index is 0.202. The molecule has 0 aliphatic heterocycles. The molecular weight excluding hydrogens is 284 g/mol. The Kier molecular flexibility index (Phi) is 5.91. The van der Waals surface area contributed by atoms with Crippen molar-refractivity contribution in [2.45, 2.75) is 59.3 Å². The van der Waals surface area contributed by atoms with Gasteiger partial charge >= 0.3 is 0 Å². The fraction of sp³-hybridized carbons (Fsp3) is 0.619. The minimum Gasteiger partial charge on any atom is -0.496 e. The van der Waals surface area contributed by atoms with E-state index in [4.69, 9.17) is 4.74 Å². The van der Waals surface area contributed by atoms with Gasteiger partial charge in [0.1, 0.15) is 5.75 Å². The lowest BCUT2D eigenvalue weighted by Crippen LogP contribution is -2.30. The van der Waals surface area contributed by atoms with Gasteiger partial charge in [0, 0.05) is 0 Å². The first-order chi connectivity index (χ1) is 10.9. The molecule has 1 aromatic carbocycles. The van der Waals surface area contributed by atoms with E-state index in [0.717, 1.165) is 25.0 Å². The number of hydrogen-bond acceptors (Lipinski definition) is 2. The zero-order valence-corrected chi connectivity index (χ0v) is 15.4. The van der Waals surface area contributed by atoms with Crippen molar-refractivity contribution in [1.29, 1.82) is 0 Å². The van der Waals surface area contributed by atoms with Crippen LogP contribution in [0, 0.1) is 11.3 Å². The Bertz CT molecular complexity index is 555. The maximum Gasteiger partial charge on any atom is 0.122 e. The first kappa shape index (κ1) is 18.1. The summed E-state index contributed by atoms with van der Waals surface area (Å²) in [6, 6.07) is 6.57. The Morgan fingerprint density at radius 1 is 1.30 bits per heavy atom. The SMILES string of the molecule is COc1ccc(CCC2C(CO)=CCCC2(C)C)cc1C(C)C. The molecule has 0 spiro atoms. The lowest BCUT2D eigenvalue weighted by Gasteiger charge is -2.39. The largest absolute Gasteiger partial charge is 0.496 e. The van der Waals surface area contributed by atoms with Crippen molar-refractivity contribution >= 4 is 0 Å². The molecule has 128 valence electrons. The Hall–Kier alpha value is -1.28. The molecule has 0 heterocycles. The molecule has 1 unspecified atom stereocenters. The second-order valence-corrected chi connectivity index (χ2v) is 7.79. The Labute approximate surface area is 141 Å². The van der Waals surface area contributed by atoms with Crippen LogP contribution in [0.25, 0.3) is 0 Å². The van der Waals surface area contributed by atoms with Gasteiger partial charge in [-0.25, -0.2) is 0 Å². The maximum absolute atomic E-state index is 9.69. The lowest BCUT2D eigenvalue weighted by molar-refractivity contribution is 0.180. The minimum absolute atomic E-state index is 0.202. The quantitative estimate of drug-likeness (QED) is 0.739. The van der Waals surface area contributed by atoms with Gasteiger partial charge in [-0.15, -0.1) is 0 Å². The Morgan fingerprint density at radius 3 is 2.65 bits per heavy atom. The summed E-state index contributed by atoms with van der Waals surface area (Å²) in [4.78, 5) is 0. The summed E-state index contributed by atoms with van der Waals surface area (Å²) in [5, 5.41) is 9.69. The van der Waals surface area contributed by atoms with Gasteiger partial charge in [0.05, 0.1) is 13.7 Å². The number of benzene rings is 1. The molecule has 23 heavy (non-hydrogen) atoms. The van der Waals surface area contributed by atoms with E-state index in [-0.39, 0.29) is 12.0 Å². The Morgan fingerprint density at radius 2 is 2.04 bits per heavy atom. The molecule has 2 nitrogen and oxygen atoms in total. The van der Waals surface area contributed by atoms with Crippen LogP contribution in [0.15, 0.2) is 29.8 Å². The van der Waals surface area contributed by atoms with Crippen molar-refractivity contribution in [2.24, 2.45) is 11.3 Å². The molecular formula is C21H32O2. The number of allylic oxidation sites excluding steroid dienone is 1.